The second-order valence-corrected chi connectivity index (χ2v) is 10.2. The molecule has 7 heteroatoms. The minimum atomic E-state index is -4.62. The first-order chi connectivity index (χ1) is 17.3. The summed E-state index contributed by atoms with van der Waals surface area (Å²) in [6.07, 6.45) is -0.609. The van der Waals surface area contributed by atoms with Crippen molar-refractivity contribution in [2.24, 2.45) is 0 Å². The van der Waals surface area contributed by atoms with Crippen LogP contribution >= 0.6 is 0 Å². The van der Waals surface area contributed by atoms with Gasteiger partial charge in [0.1, 0.15) is 28.8 Å². The van der Waals surface area contributed by atoms with E-state index in [0.29, 0.717) is 5.58 Å². The predicted molar refractivity (Wildman–Crippen MR) is 140 cm³/mol. The van der Waals surface area contributed by atoms with Crippen LogP contribution in [0.1, 0.15) is 71.4 Å². The van der Waals surface area contributed by atoms with Gasteiger partial charge < -0.3 is 13.9 Å². The SMILES string of the molecule is C=C(C)C(=O)OC(C)CC(C)(C)Oc1ccc(-c2cc3cc(CCCCC)ccc3o2)c(C(F)(F)F)c1. The van der Waals surface area contributed by atoms with Crippen molar-refractivity contribution < 1.29 is 31.9 Å². The number of hydrogen-bond donors (Lipinski definition) is 0. The minimum Gasteiger partial charge on any atom is -0.488 e. The summed E-state index contributed by atoms with van der Waals surface area (Å²) in [6.45, 7) is 12.4. The van der Waals surface area contributed by atoms with Gasteiger partial charge in [0.05, 0.1) is 5.56 Å². The molecule has 0 aliphatic rings. The van der Waals surface area contributed by atoms with Gasteiger partial charge in [0.25, 0.3) is 0 Å². The largest absolute Gasteiger partial charge is 0.488 e. The van der Waals surface area contributed by atoms with Gasteiger partial charge in [-0.1, -0.05) is 32.4 Å². The number of rotatable bonds is 11. The monoisotopic (exact) mass is 516 g/mol. The van der Waals surface area contributed by atoms with Crippen LogP contribution in [-0.4, -0.2) is 17.7 Å². The Morgan fingerprint density at radius 3 is 2.46 bits per heavy atom. The van der Waals surface area contributed by atoms with E-state index in [4.69, 9.17) is 13.9 Å². The summed E-state index contributed by atoms with van der Waals surface area (Å²) in [7, 11) is 0. The molecule has 1 unspecified atom stereocenters. The molecule has 0 aliphatic carbocycles. The average molecular weight is 517 g/mol. The molecule has 0 radical (unpaired) electrons. The van der Waals surface area contributed by atoms with Crippen LogP contribution in [0.3, 0.4) is 0 Å². The molecular formula is C30H35F3O4. The van der Waals surface area contributed by atoms with Gasteiger partial charge in [0.2, 0.25) is 0 Å². The fourth-order valence-electron chi connectivity index (χ4n) is 4.37. The Balaban J connectivity index is 1.85. The molecule has 2 aromatic carbocycles. The predicted octanol–water partition coefficient (Wildman–Crippen LogP) is 8.91. The molecule has 0 fully saturated rings. The minimum absolute atomic E-state index is 0.0508. The van der Waals surface area contributed by atoms with E-state index in [-0.39, 0.29) is 29.1 Å². The number of esters is 1. The normalized spacial score (nSPS) is 13.0. The molecule has 37 heavy (non-hydrogen) atoms. The smallest absolute Gasteiger partial charge is 0.417 e. The summed E-state index contributed by atoms with van der Waals surface area (Å²) in [5.74, 6) is -0.307. The van der Waals surface area contributed by atoms with E-state index in [1.54, 1.807) is 33.8 Å². The lowest BCUT2D eigenvalue weighted by Crippen LogP contribution is -2.34. The number of unbranched alkanes of at least 4 members (excludes halogenated alkanes) is 2. The standard InChI is InChI=1S/C30H35F3O4/c1-7-8-9-10-21-11-14-26-22(15-21)16-27(36-26)24-13-12-23(17-25(24)30(31,32)33)37-29(5,6)18-20(4)35-28(34)19(2)3/h11-17,20H,2,7-10,18H2,1,3-6H3. The molecule has 0 spiro atoms. The molecule has 1 aromatic heterocycles. The lowest BCUT2D eigenvalue weighted by Gasteiger charge is -2.29. The number of furan rings is 1. The summed E-state index contributed by atoms with van der Waals surface area (Å²) < 4.78 is 59.4. The maximum Gasteiger partial charge on any atom is 0.417 e. The van der Waals surface area contributed by atoms with Crippen molar-refractivity contribution in [3.63, 3.8) is 0 Å². The third-order valence-electron chi connectivity index (χ3n) is 6.04. The van der Waals surface area contributed by atoms with Crippen LogP contribution in [0.2, 0.25) is 0 Å². The zero-order chi connectivity index (χ0) is 27.4. The third-order valence-corrected chi connectivity index (χ3v) is 6.04. The van der Waals surface area contributed by atoms with Crippen LogP contribution < -0.4 is 4.74 Å². The van der Waals surface area contributed by atoms with E-state index in [1.165, 1.54) is 12.1 Å². The van der Waals surface area contributed by atoms with Crippen molar-refractivity contribution in [2.45, 2.75) is 84.6 Å². The summed E-state index contributed by atoms with van der Waals surface area (Å²) in [5, 5.41) is 0.775. The van der Waals surface area contributed by atoms with Gasteiger partial charge in [-0.05, 0) is 82.5 Å². The molecule has 0 saturated heterocycles. The third kappa shape index (κ3) is 7.63. The van der Waals surface area contributed by atoms with E-state index in [1.807, 2.05) is 18.2 Å². The Hall–Kier alpha value is -3.22. The van der Waals surface area contributed by atoms with Crippen LogP contribution in [0.15, 0.2) is 59.0 Å². The molecule has 0 aliphatic heterocycles. The first kappa shape index (κ1) is 28.4. The van der Waals surface area contributed by atoms with Crippen molar-refractivity contribution in [3.8, 4) is 17.1 Å². The van der Waals surface area contributed by atoms with E-state index in [2.05, 4.69) is 13.5 Å². The van der Waals surface area contributed by atoms with Gasteiger partial charge in [-0.25, -0.2) is 4.79 Å². The highest BCUT2D eigenvalue weighted by molar-refractivity contribution is 5.87. The van der Waals surface area contributed by atoms with E-state index >= 15 is 0 Å². The van der Waals surface area contributed by atoms with Gasteiger partial charge in [-0.2, -0.15) is 13.2 Å². The topological polar surface area (TPSA) is 48.7 Å². The van der Waals surface area contributed by atoms with Gasteiger partial charge in [0.15, 0.2) is 0 Å². The van der Waals surface area contributed by atoms with Crippen LogP contribution in [0, 0.1) is 0 Å². The number of alkyl halides is 3. The van der Waals surface area contributed by atoms with Crippen molar-refractivity contribution in [2.75, 3.05) is 0 Å². The number of ether oxygens (including phenoxy) is 2. The van der Waals surface area contributed by atoms with Gasteiger partial charge in [-0.3, -0.25) is 0 Å². The van der Waals surface area contributed by atoms with Gasteiger partial charge >= 0.3 is 12.1 Å². The molecular weight excluding hydrogens is 481 g/mol. The molecule has 3 aromatic rings. The lowest BCUT2D eigenvalue weighted by atomic mass is 10.00. The Labute approximate surface area is 216 Å². The second kappa shape index (κ2) is 11.4. The molecule has 1 heterocycles. The molecule has 4 nitrogen and oxygen atoms in total. The number of halogens is 3. The highest BCUT2D eigenvalue weighted by atomic mass is 19.4. The molecule has 0 saturated carbocycles. The zero-order valence-corrected chi connectivity index (χ0v) is 22.1. The Bertz CT molecular complexity index is 1250. The molecule has 0 bridgehead atoms. The van der Waals surface area contributed by atoms with Crippen LogP contribution in [0.25, 0.3) is 22.3 Å². The summed E-state index contributed by atoms with van der Waals surface area (Å²) in [6, 6.07) is 11.3. The summed E-state index contributed by atoms with van der Waals surface area (Å²) >= 11 is 0. The van der Waals surface area contributed by atoms with Crippen LogP contribution in [0.4, 0.5) is 13.2 Å². The number of benzene rings is 2. The number of carbonyl (C=O) groups is 1. The molecule has 200 valence electrons. The Kier molecular flexibility index (Phi) is 8.77. The molecule has 3 rings (SSSR count). The zero-order valence-electron chi connectivity index (χ0n) is 22.1. The van der Waals surface area contributed by atoms with E-state index in [9.17, 15) is 18.0 Å². The van der Waals surface area contributed by atoms with Crippen molar-refractivity contribution in [1.82, 2.24) is 0 Å². The maximum atomic E-state index is 14.1. The van der Waals surface area contributed by atoms with E-state index < -0.39 is 29.4 Å². The molecule has 0 N–H and O–H groups in total. The lowest BCUT2D eigenvalue weighted by molar-refractivity contribution is -0.145. The van der Waals surface area contributed by atoms with Gasteiger partial charge in [0, 0.05) is 22.9 Å². The Morgan fingerprint density at radius 1 is 1.08 bits per heavy atom. The van der Waals surface area contributed by atoms with Crippen LogP contribution in [0.5, 0.6) is 5.75 Å². The Morgan fingerprint density at radius 2 is 1.81 bits per heavy atom. The highest BCUT2D eigenvalue weighted by Crippen LogP contribution is 2.41. The quantitative estimate of drug-likeness (QED) is 0.145. The first-order valence-electron chi connectivity index (χ1n) is 12.6. The fourth-order valence-corrected chi connectivity index (χ4v) is 4.37. The first-order valence-corrected chi connectivity index (χ1v) is 12.6. The van der Waals surface area contributed by atoms with E-state index in [0.717, 1.165) is 42.7 Å². The van der Waals surface area contributed by atoms with Crippen molar-refractivity contribution in [1.29, 1.82) is 0 Å². The fraction of sp³-hybridized carbons (Fsp3) is 0.433. The highest BCUT2D eigenvalue weighted by Gasteiger charge is 2.36. The average Bonchev–Trinajstić information content (AvgIpc) is 3.21. The maximum absolute atomic E-state index is 14.1. The van der Waals surface area contributed by atoms with Crippen molar-refractivity contribution in [3.05, 3.63) is 65.7 Å². The summed E-state index contributed by atoms with van der Waals surface area (Å²) in [5.41, 5.74) is 0.164. The second-order valence-electron chi connectivity index (χ2n) is 10.2. The summed E-state index contributed by atoms with van der Waals surface area (Å²) in [4.78, 5) is 11.8. The molecule has 1 atom stereocenters. The van der Waals surface area contributed by atoms with Crippen LogP contribution in [-0.2, 0) is 22.1 Å². The number of hydrogen-bond acceptors (Lipinski definition) is 4. The van der Waals surface area contributed by atoms with Gasteiger partial charge in [-0.15, -0.1) is 0 Å². The van der Waals surface area contributed by atoms with Crippen molar-refractivity contribution >= 4 is 16.9 Å². The number of carbonyl (C=O) groups excluding carboxylic acids is 1. The number of aryl methyl sites for hydroxylation is 1. The number of fused-ring (bicyclic) bond motifs is 1. The molecule has 0 amide bonds.